The van der Waals surface area contributed by atoms with Crippen LogP contribution in [0, 0.1) is 0 Å². The number of nitrogens with two attached hydrogens (primary N) is 16. The zero-order valence-corrected chi connectivity index (χ0v) is 53.4. The molecule has 41 nitrogen and oxygen atoms in total. The summed E-state index contributed by atoms with van der Waals surface area (Å²) in [5.41, 5.74) is 89.0. The first kappa shape index (κ1) is 84.2. The molecule has 0 fully saturated rings. The first-order valence-electron chi connectivity index (χ1n) is 30.8. The van der Waals surface area contributed by atoms with Gasteiger partial charge < -0.3 is 139 Å². The van der Waals surface area contributed by atoms with Crippen molar-refractivity contribution < 1.29 is 53.1 Å². The second kappa shape index (κ2) is 48.9. The van der Waals surface area contributed by atoms with E-state index in [1.807, 2.05) is 0 Å². The molecule has 0 radical (unpaired) electrons. The molecule has 0 aromatic rings. The Morgan fingerprint density at radius 1 is 0.277 bits per heavy atom. The summed E-state index contributed by atoms with van der Waals surface area (Å²) < 4.78 is 0. The number of rotatable bonds is 52. The van der Waals surface area contributed by atoms with Crippen LogP contribution in [0.4, 0.5) is 0 Å². The Labute approximate surface area is 545 Å². The van der Waals surface area contributed by atoms with Gasteiger partial charge in [-0.1, -0.05) is 0 Å². The molecule has 9 amide bonds. The van der Waals surface area contributed by atoms with Crippen molar-refractivity contribution in [1.29, 1.82) is 0 Å². The second-order valence-electron chi connectivity index (χ2n) is 21.7. The number of hydrogen-bond donors (Lipinski definition) is 25. The van der Waals surface area contributed by atoms with Gasteiger partial charge in [0.2, 0.25) is 53.2 Å². The lowest BCUT2D eigenvalue weighted by atomic mass is 10.0. The molecule has 0 aromatic heterocycles. The predicted molar refractivity (Wildman–Crippen MR) is 355 cm³/mol. The van der Waals surface area contributed by atoms with Gasteiger partial charge in [-0.3, -0.25) is 73.1 Å². The Balaban J connectivity index is 7.46. The molecule has 0 aromatic carbocycles. The summed E-state index contributed by atoms with van der Waals surface area (Å²) >= 11 is 0. The second-order valence-corrected chi connectivity index (χ2v) is 21.7. The molecule has 41 N–H and O–H groups in total. The van der Waals surface area contributed by atoms with Gasteiger partial charge in [0.15, 0.2) is 35.8 Å². The van der Waals surface area contributed by atoms with Crippen LogP contribution in [0.5, 0.6) is 0 Å². The number of nitrogens with zero attached hydrogens (tertiary/aromatic N) is 6. The largest absolute Gasteiger partial charge is 0.480 e. The molecule has 0 spiro atoms. The third-order valence-electron chi connectivity index (χ3n) is 13.6. The minimum absolute atomic E-state index is 0.00171. The van der Waals surface area contributed by atoms with Gasteiger partial charge in [-0.25, -0.2) is 4.79 Å². The number of hydrogen-bond acceptors (Lipinski definition) is 19. The zero-order valence-electron chi connectivity index (χ0n) is 53.4. The highest BCUT2D eigenvalue weighted by Gasteiger charge is 2.35. The molecule has 0 saturated heterocycles. The molecule has 534 valence electrons. The van der Waals surface area contributed by atoms with Crippen molar-refractivity contribution in [1.82, 2.24) is 42.5 Å². The van der Waals surface area contributed by atoms with E-state index in [0.29, 0.717) is 32.1 Å². The number of carboxylic acid groups (broad SMARTS) is 1. The Hall–Kier alpha value is -9.80. The van der Waals surface area contributed by atoms with Crippen LogP contribution in [0.25, 0.3) is 0 Å². The van der Waals surface area contributed by atoms with Crippen LogP contribution >= 0.6 is 0 Å². The summed E-state index contributed by atoms with van der Waals surface area (Å²) in [6.07, 6.45) is 0.600. The minimum Gasteiger partial charge on any atom is -0.480 e. The Morgan fingerprint density at radius 2 is 0.479 bits per heavy atom. The number of carboxylic acids is 1. The third-order valence-corrected chi connectivity index (χ3v) is 13.6. The molecule has 0 aliphatic heterocycles. The summed E-state index contributed by atoms with van der Waals surface area (Å²) in [7, 11) is 0. The number of nitrogens with one attached hydrogen (secondary N) is 8. The Kier molecular flexibility index (Phi) is 43.8. The topological polar surface area (TPSA) is 778 Å². The summed E-state index contributed by atoms with van der Waals surface area (Å²) in [5.74, 6) is -11.1. The van der Waals surface area contributed by atoms with Gasteiger partial charge in [0.05, 0.1) is 6.04 Å². The molecule has 9 atom stereocenters. The number of aliphatic carboxylic acids is 1. The lowest BCUT2D eigenvalue weighted by Gasteiger charge is -2.28. The van der Waals surface area contributed by atoms with E-state index in [2.05, 4.69) is 72.5 Å². The van der Waals surface area contributed by atoms with Crippen molar-refractivity contribution in [3.63, 3.8) is 0 Å². The van der Waals surface area contributed by atoms with Gasteiger partial charge in [-0.2, -0.15) is 0 Å². The molecule has 0 aliphatic carbocycles. The van der Waals surface area contributed by atoms with E-state index < -0.39 is 126 Å². The highest BCUT2D eigenvalue weighted by atomic mass is 16.4. The number of guanidine groups is 6. The van der Waals surface area contributed by atoms with Gasteiger partial charge in [0.25, 0.3) is 0 Å². The maximum atomic E-state index is 14.6. The van der Waals surface area contributed by atoms with Crippen molar-refractivity contribution in [3.05, 3.63) is 0 Å². The van der Waals surface area contributed by atoms with Crippen LogP contribution in [-0.4, -0.2) is 207 Å². The van der Waals surface area contributed by atoms with Crippen LogP contribution in [-0.2, 0) is 47.9 Å². The van der Waals surface area contributed by atoms with E-state index in [1.54, 1.807) is 0 Å². The van der Waals surface area contributed by atoms with E-state index in [9.17, 15) is 53.1 Å². The number of unbranched alkanes of at least 4 members (excludes halogenated alkanes) is 2. The Bertz CT molecular complexity index is 2560. The number of carbonyl (C=O) groups excluding carboxylic acids is 9. The summed E-state index contributed by atoms with van der Waals surface area (Å²) in [6.45, 7) is 0.538. The molecule has 0 saturated carbocycles. The lowest BCUT2D eigenvalue weighted by molar-refractivity contribution is -0.142. The monoisotopic (exact) mass is 1340 g/mol. The van der Waals surface area contributed by atoms with E-state index >= 15 is 0 Å². The minimum atomic E-state index is -1.69. The standard InChI is InChI=1S/C53H106N30O11/c54-21-3-1-12-30(76-39(85)29(56)11-5-23-70-48(58)59)40(86)77-31(13-2-4-22-55)41(87)78-32(14-6-24-71-49(60)61)42(88)79-34(16-8-26-73-51(64)65)44(90)82-36(19-20-38(57)84)46(92)81-33(15-7-25-72-50(62)63)43(89)80-35(17-9-27-74-52(66)67)45(91)83-37(47(93)94)18-10-28-75-53(68)69/h29-37H,1-28,54-56H2,(H2,57,84)(H,76,85)(H,77,86)(H,78,87)(H,79,88)(H,80,89)(H,81,92)(H,82,90)(H,83,91)(H,93,94)(H4,58,59,70)(H4,60,61,71)(H4,62,63,72)(H4,64,65,73)(H4,66,67,74)(H4,68,69,75)/t29-,30+,31+,32+,33+,34-,35+,36+,37-/m1/s1. The van der Waals surface area contributed by atoms with Crippen molar-refractivity contribution >= 4 is 94.9 Å². The van der Waals surface area contributed by atoms with Crippen LogP contribution in [0.2, 0.25) is 0 Å². The van der Waals surface area contributed by atoms with Gasteiger partial charge >= 0.3 is 5.97 Å². The quantitative estimate of drug-likeness (QED) is 0.0153. The average molecular weight is 1340 g/mol. The van der Waals surface area contributed by atoms with Crippen molar-refractivity contribution in [2.75, 3.05) is 52.4 Å². The van der Waals surface area contributed by atoms with E-state index in [1.165, 1.54) is 0 Å². The molecule has 0 rings (SSSR count). The van der Waals surface area contributed by atoms with Gasteiger partial charge in [-0.05, 0) is 135 Å². The molecule has 0 unspecified atom stereocenters. The molecule has 0 bridgehead atoms. The van der Waals surface area contributed by atoms with E-state index in [0.717, 1.165) is 0 Å². The van der Waals surface area contributed by atoms with E-state index in [4.69, 9.17) is 91.7 Å². The van der Waals surface area contributed by atoms with Gasteiger partial charge in [0.1, 0.15) is 48.3 Å². The molecule has 41 heteroatoms. The van der Waals surface area contributed by atoms with Gasteiger partial charge in [-0.15, -0.1) is 0 Å². The normalized spacial score (nSPS) is 13.6. The van der Waals surface area contributed by atoms with Crippen molar-refractivity contribution in [2.24, 2.45) is 122 Å². The highest BCUT2D eigenvalue weighted by Crippen LogP contribution is 2.12. The first-order valence-corrected chi connectivity index (χ1v) is 30.8. The number of aliphatic imine (C=N–C) groups is 6. The fourth-order valence-corrected chi connectivity index (χ4v) is 8.76. The number of primary amides is 1. The molecule has 0 heterocycles. The van der Waals surface area contributed by atoms with E-state index in [-0.39, 0.29) is 172 Å². The maximum Gasteiger partial charge on any atom is 0.326 e. The lowest BCUT2D eigenvalue weighted by Crippen LogP contribution is -2.60. The smallest absolute Gasteiger partial charge is 0.326 e. The number of amides is 9. The Morgan fingerprint density at radius 3 is 0.702 bits per heavy atom. The average Bonchev–Trinajstić information content (AvgIpc) is 0.920. The molecule has 0 aliphatic rings. The molecular formula is C53H106N30O11. The SMILES string of the molecule is NCCCC[C@H](NC(=O)[C@H](N)CCCN=C(N)N)C(=O)N[C@@H](CCCCN)C(=O)N[C@@H](CCCN=C(N)N)C(=O)N[C@H](CCCN=C(N)N)C(=O)N[C@@H](CCC(N)=O)C(=O)N[C@@H](CCCN=C(N)N)C(=O)N[C@@H](CCCN=C(N)N)C(=O)N[C@H](CCCN=C(N)N)C(=O)O. The van der Waals surface area contributed by atoms with Crippen LogP contribution in [0.1, 0.15) is 128 Å². The fraction of sp³-hybridized carbons (Fsp3) is 0.698. The molecule has 94 heavy (non-hydrogen) atoms. The summed E-state index contributed by atoms with van der Waals surface area (Å²) in [6, 6.07) is -12.8. The first-order chi connectivity index (χ1) is 44.4. The van der Waals surface area contributed by atoms with Crippen LogP contribution < -0.4 is 134 Å². The van der Waals surface area contributed by atoms with Crippen LogP contribution in [0.3, 0.4) is 0 Å². The molecular weight excluding hydrogens is 1230 g/mol. The maximum absolute atomic E-state index is 14.6. The fourth-order valence-electron chi connectivity index (χ4n) is 8.76. The summed E-state index contributed by atoms with van der Waals surface area (Å²) in [5, 5.41) is 30.6. The number of carbonyl (C=O) groups is 10. The summed E-state index contributed by atoms with van der Waals surface area (Å²) in [4.78, 5) is 162. The van der Waals surface area contributed by atoms with Gasteiger partial charge in [0, 0.05) is 45.7 Å². The third kappa shape index (κ3) is 40.8. The van der Waals surface area contributed by atoms with Crippen LogP contribution in [0.15, 0.2) is 30.0 Å². The van der Waals surface area contributed by atoms with Crippen molar-refractivity contribution in [2.45, 2.75) is 183 Å². The zero-order chi connectivity index (χ0) is 71.1. The van der Waals surface area contributed by atoms with Crippen molar-refractivity contribution in [3.8, 4) is 0 Å². The highest BCUT2D eigenvalue weighted by molar-refractivity contribution is 5.98. The predicted octanol–water partition coefficient (Wildman–Crippen LogP) is -10.9.